The van der Waals surface area contributed by atoms with Crippen molar-refractivity contribution in [1.29, 1.82) is 0 Å². The third-order valence-corrected chi connectivity index (χ3v) is 3.52. The molecule has 1 aromatic heterocycles. The highest BCUT2D eigenvalue weighted by atomic mass is 15.2. The van der Waals surface area contributed by atoms with Gasteiger partial charge in [0.05, 0.1) is 5.52 Å². The van der Waals surface area contributed by atoms with Crippen LogP contribution in [0.25, 0.3) is 10.9 Å². The van der Waals surface area contributed by atoms with E-state index in [4.69, 9.17) is 4.98 Å². The highest BCUT2D eigenvalue weighted by Crippen LogP contribution is 2.23. The Kier molecular flexibility index (Phi) is 5.76. The first-order valence-electron chi connectivity index (χ1n) is 7.75. The zero-order valence-corrected chi connectivity index (χ0v) is 13.1. The first-order valence-corrected chi connectivity index (χ1v) is 7.75. The summed E-state index contributed by atoms with van der Waals surface area (Å²) in [4.78, 5) is 7.12. The lowest BCUT2D eigenvalue weighted by atomic mass is 10.1. The molecule has 0 radical (unpaired) electrons. The van der Waals surface area contributed by atoms with Gasteiger partial charge in [0, 0.05) is 25.0 Å². The Morgan fingerprint density at radius 3 is 2.81 bits per heavy atom. The highest BCUT2D eigenvalue weighted by Gasteiger charge is 2.10. The molecule has 0 amide bonds. The van der Waals surface area contributed by atoms with E-state index in [0.717, 1.165) is 43.9 Å². The molecule has 0 saturated heterocycles. The number of para-hydroxylation sites is 1. The Morgan fingerprint density at radius 2 is 2.10 bits per heavy atom. The molecule has 0 aliphatic rings. The quantitative estimate of drug-likeness (QED) is 0.748. The highest BCUT2D eigenvalue weighted by molar-refractivity contribution is 5.84. The SMILES string of the molecule is C=CCN(CCC)c1cc(CNCC)c2ccccc2n1. The second-order valence-corrected chi connectivity index (χ2v) is 5.17. The van der Waals surface area contributed by atoms with Gasteiger partial charge in [-0.25, -0.2) is 4.98 Å². The molecule has 0 bridgehead atoms. The summed E-state index contributed by atoms with van der Waals surface area (Å²) in [6, 6.07) is 10.6. The number of pyridine rings is 1. The summed E-state index contributed by atoms with van der Waals surface area (Å²) in [5, 5.41) is 4.65. The average molecular weight is 283 g/mol. The third-order valence-electron chi connectivity index (χ3n) is 3.52. The lowest BCUT2D eigenvalue weighted by molar-refractivity contribution is 0.728. The Morgan fingerprint density at radius 1 is 1.29 bits per heavy atom. The molecular formula is C18H25N3. The minimum atomic E-state index is 0.833. The molecule has 2 rings (SSSR count). The molecule has 0 fully saturated rings. The van der Waals surface area contributed by atoms with Crippen LogP contribution < -0.4 is 10.2 Å². The van der Waals surface area contributed by atoms with Crippen molar-refractivity contribution in [2.24, 2.45) is 0 Å². The molecule has 0 unspecified atom stereocenters. The Balaban J connectivity index is 2.45. The molecular weight excluding hydrogens is 258 g/mol. The number of nitrogens with one attached hydrogen (secondary N) is 1. The van der Waals surface area contributed by atoms with Crippen LogP contribution in [0.3, 0.4) is 0 Å². The van der Waals surface area contributed by atoms with Gasteiger partial charge in [0.15, 0.2) is 0 Å². The van der Waals surface area contributed by atoms with E-state index >= 15 is 0 Å². The fourth-order valence-corrected chi connectivity index (χ4v) is 2.52. The number of aromatic nitrogens is 1. The Bertz CT molecular complexity index is 592. The summed E-state index contributed by atoms with van der Waals surface area (Å²) >= 11 is 0. The van der Waals surface area contributed by atoms with Gasteiger partial charge in [0.1, 0.15) is 5.82 Å². The van der Waals surface area contributed by atoms with Crippen LogP contribution in [0, 0.1) is 0 Å². The maximum Gasteiger partial charge on any atom is 0.129 e. The average Bonchev–Trinajstić information content (AvgIpc) is 2.52. The minimum absolute atomic E-state index is 0.833. The summed E-state index contributed by atoms with van der Waals surface area (Å²) in [6.45, 7) is 11.9. The summed E-state index contributed by atoms with van der Waals surface area (Å²) in [6.07, 6.45) is 3.04. The van der Waals surface area contributed by atoms with Gasteiger partial charge < -0.3 is 10.2 Å². The summed E-state index contributed by atoms with van der Waals surface area (Å²) in [5.74, 6) is 1.04. The summed E-state index contributed by atoms with van der Waals surface area (Å²) < 4.78 is 0. The number of benzene rings is 1. The molecule has 2 aromatic rings. The van der Waals surface area contributed by atoms with E-state index in [1.165, 1.54) is 10.9 Å². The maximum absolute atomic E-state index is 4.83. The number of hydrogen-bond acceptors (Lipinski definition) is 3. The zero-order chi connectivity index (χ0) is 15.1. The lowest BCUT2D eigenvalue weighted by Crippen LogP contribution is -2.25. The number of rotatable bonds is 8. The van der Waals surface area contributed by atoms with Crippen LogP contribution in [0.2, 0.25) is 0 Å². The first-order chi connectivity index (χ1) is 10.3. The van der Waals surface area contributed by atoms with Gasteiger partial charge in [-0.2, -0.15) is 0 Å². The predicted molar refractivity (Wildman–Crippen MR) is 91.8 cm³/mol. The summed E-state index contributed by atoms with van der Waals surface area (Å²) in [5.41, 5.74) is 2.37. The molecule has 112 valence electrons. The number of nitrogens with zero attached hydrogens (tertiary/aromatic N) is 2. The Hall–Kier alpha value is -1.87. The van der Waals surface area contributed by atoms with Crippen LogP contribution in [0.15, 0.2) is 43.0 Å². The van der Waals surface area contributed by atoms with Gasteiger partial charge in [-0.1, -0.05) is 38.1 Å². The molecule has 21 heavy (non-hydrogen) atoms. The normalized spacial score (nSPS) is 10.8. The minimum Gasteiger partial charge on any atom is -0.353 e. The topological polar surface area (TPSA) is 28.2 Å². The zero-order valence-electron chi connectivity index (χ0n) is 13.1. The second kappa shape index (κ2) is 7.79. The number of fused-ring (bicyclic) bond motifs is 1. The van der Waals surface area contributed by atoms with Crippen LogP contribution in [0.4, 0.5) is 5.82 Å². The molecule has 1 heterocycles. The maximum atomic E-state index is 4.83. The van der Waals surface area contributed by atoms with E-state index in [0.29, 0.717) is 0 Å². The number of anilines is 1. The van der Waals surface area contributed by atoms with Crippen LogP contribution in [0.1, 0.15) is 25.8 Å². The van der Waals surface area contributed by atoms with Crippen LogP contribution in [-0.4, -0.2) is 24.6 Å². The molecule has 1 N–H and O–H groups in total. The fraction of sp³-hybridized carbons (Fsp3) is 0.389. The monoisotopic (exact) mass is 283 g/mol. The molecule has 0 atom stereocenters. The lowest BCUT2D eigenvalue weighted by Gasteiger charge is -2.23. The fourth-order valence-electron chi connectivity index (χ4n) is 2.52. The van der Waals surface area contributed by atoms with Crippen LogP contribution in [0.5, 0.6) is 0 Å². The molecule has 0 saturated carbocycles. The van der Waals surface area contributed by atoms with Gasteiger partial charge in [-0.3, -0.25) is 0 Å². The van der Waals surface area contributed by atoms with Crippen molar-refractivity contribution in [2.45, 2.75) is 26.8 Å². The van der Waals surface area contributed by atoms with E-state index in [1.807, 2.05) is 12.1 Å². The van der Waals surface area contributed by atoms with Gasteiger partial charge >= 0.3 is 0 Å². The number of hydrogen-bond donors (Lipinski definition) is 1. The largest absolute Gasteiger partial charge is 0.353 e. The predicted octanol–water partition coefficient (Wildman–Crippen LogP) is 3.75. The summed E-state index contributed by atoms with van der Waals surface area (Å²) in [7, 11) is 0. The van der Waals surface area contributed by atoms with E-state index in [-0.39, 0.29) is 0 Å². The first kappa shape index (κ1) is 15.5. The van der Waals surface area contributed by atoms with Gasteiger partial charge in [0.2, 0.25) is 0 Å². The van der Waals surface area contributed by atoms with Gasteiger partial charge in [-0.15, -0.1) is 6.58 Å². The van der Waals surface area contributed by atoms with Crippen molar-refractivity contribution in [3.63, 3.8) is 0 Å². The van der Waals surface area contributed by atoms with Crippen molar-refractivity contribution in [2.75, 3.05) is 24.5 Å². The van der Waals surface area contributed by atoms with Crippen molar-refractivity contribution < 1.29 is 0 Å². The molecule has 3 heteroatoms. The van der Waals surface area contributed by atoms with Crippen molar-refractivity contribution in [3.8, 4) is 0 Å². The van der Waals surface area contributed by atoms with E-state index < -0.39 is 0 Å². The molecule has 0 aliphatic heterocycles. The van der Waals surface area contributed by atoms with Crippen molar-refractivity contribution in [1.82, 2.24) is 10.3 Å². The van der Waals surface area contributed by atoms with E-state index in [9.17, 15) is 0 Å². The van der Waals surface area contributed by atoms with Crippen LogP contribution >= 0.6 is 0 Å². The van der Waals surface area contributed by atoms with Gasteiger partial charge in [0.25, 0.3) is 0 Å². The van der Waals surface area contributed by atoms with Gasteiger partial charge in [-0.05, 0) is 30.7 Å². The smallest absolute Gasteiger partial charge is 0.129 e. The third kappa shape index (κ3) is 3.82. The van der Waals surface area contributed by atoms with Crippen molar-refractivity contribution in [3.05, 3.63) is 48.6 Å². The standard InChI is InChI=1S/C18H25N3/c1-4-11-21(12-5-2)18-13-15(14-19-6-3)16-9-7-8-10-17(16)20-18/h4,7-10,13,19H,1,5-6,11-12,14H2,2-3H3. The Labute approximate surface area is 127 Å². The van der Waals surface area contributed by atoms with E-state index in [2.05, 4.69) is 54.9 Å². The molecule has 1 aromatic carbocycles. The molecule has 3 nitrogen and oxygen atoms in total. The second-order valence-electron chi connectivity index (χ2n) is 5.17. The van der Waals surface area contributed by atoms with Crippen molar-refractivity contribution >= 4 is 16.7 Å². The van der Waals surface area contributed by atoms with Crippen LogP contribution in [-0.2, 0) is 6.54 Å². The molecule has 0 aliphatic carbocycles. The van der Waals surface area contributed by atoms with E-state index in [1.54, 1.807) is 0 Å². The molecule has 0 spiro atoms.